The monoisotopic (exact) mass is 307 g/mol. The van der Waals surface area contributed by atoms with E-state index in [0.717, 1.165) is 35.5 Å². The molecule has 1 heterocycles. The highest BCUT2D eigenvalue weighted by atomic mass is 35.5. The molecule has 0 atom stereocenters. The summed E-state index contributed by atoms with van der Waals surface area (Å²) in [4.78, 5) is 11.5. The number of carbonyl (C=O) groups is 1. The molecule has 0 unspecified atom stereocenters. The Kier molecular flexibility index (Phi) is 5.22. The van der Waals surface area contributed by atoms with E-state index in [1.54, 1.807) is 12.1 Å². The smallest absolute Gasteiger partial charge is 0.319 e. The molecule has 6 heteroatoms. The molecule has 0 aliphatic heterocycles. The number of amides is 2. The van der Waals surface area contributed by atoms with Crippen LogP contribution >= 0.6 is 11.6 Å². The van der Waals surface area contributed by atoms with E-state index in [-0.39, 0.29) is 6.03 Å². The van der Waals surface area contributed by atoms with Crippen molar-refractivity contribution < 1.29 is 9.32 Å². The molecular formula is C15H18ClN3O2. The molecule has 0 radical (unpaired) electrons. The highest BCUT2D eigenvalue weighted by molar-refractivity contribution is 6.31. The highest BCUT2D eigenvalue weighted by Gasteiger charge is 2.07. The fraction of sp³-hybridized carbons (Fsp3) is 0.333. The van der Waals surface area contributed by atoms with Crippen molar-refractivity contribution in [3.63, 3.8) is 0 Å². The molecule has 2 rings (SSSR count). The van der Waals surface area contributed by atoms with Gasteiger partial charge in [0, 0.05) is 23.3 Å². The molecule has 0 saturated carbocycles. The average Bonchev–Trinajstić information content (AvgIpc) is 2.85. The fourth-order valence-corrected chi connectivity index (χ4v) is 2.19. The Morgan fingerprint density at radius 1 is 1.33 bits per heavy atom. The second-order valence-corrected chi connectivity index (χ2v) is 5.13. The van der Waals surface area contributed by atoms with E-state index in [9.17, 15) is 4.79 Å². The molecule has 2 aromatic rings. The highest BCUT2D eigenvalue weighted by Crippen LogP contribution is 2.22. The van der Waals surface area contributed by atoms with Crippen molar-refractivity contribution in [2.45, 2.75) is 26.7 Å². The van der Waals surface area contributed by atoms with Crippen LogP contribution in [0.5, 0.6) is 0 Å². The summed E-state index contributed by atoms with van der Waals surface area (Å²) in [6.07, 6.45) is 1.47. The van der Waals surface area contributed by atoms with Crippen molar-refractivity contribution in [3.05, 3.63) is 46.3 Å². The Morgan fingerprint density at radius 3 is 2.81 bits per heavy atom. The number of anilines is 1. The Bertz CT molecular complexity index is 625. The molecule has 0 fully saturated rings. The van der Waals surface area contributed by atoms with E-state index in [2.05, 4.69) is 15.8 Å². The number of urea groups is 1. The van der Waals surface area contributed by atoms with Gasteiger partial charge >= 0.3 is 6.03 Å². The maximum atomic E-state index is 11.5. The van der Waals surface area contributed by atoms with Crippen molar-refractivity contribution in [1.82, 2.24) is 10.5 Å². The summed E-state index contributed by atoms with van der Waals surface area (Å²) in [6.45, 7) is 4.31. The van der Waals surface area contributed by atoms with Crippen molar-refractivity contribution in [3.8, 4) is 0 Å². The summed E-state index contributed by atoms with van der Waals surface area (Å²) in [6, 6.07) is 7.13. The third-order valence-corrected chi connectivity index (χ3v) is 3.34. The van der Waals surface area contributed by atoms with Gasteiger partial charge in [-0.15, -0.1) is 0 Å². The fourth-order valence-electron chi connectivity index (χ4n) is 1.98. The van der Waals surface area contributed by atoms with Crippen molar-refractivity contribution in [2.75, 3.05) is 11.9 Å². The number of aromatic nitrogens is 1. The van der Waals surface area contributed by atoms with Crippen LogP contribution in [-0.4, -0.2) is 17.7 Å². The van der Waals surface area contributed by atoms with Crippen LogP contribution in [0, 0.1) is 6.92 Å². The predicted octanol–water partition coefficient (Wildman–Crippen LogP) is 3.56. The van der Waals surface area contributed by atoms with E-state index in [4.69, 9.17) is 16.1 Å². The molecule has 0 bridgehead atoms. The van der Waals surface area contributed by atoms with Crippen LogP contribution in [0.4, 0.5) is 10.5 Å². The van der Waals surface area contributed by atoms with Crippen LogP contribution in [0.15, 0.2) is 28.8 Å². The number of carbonyl (C=O) groups excluding carboxylic acids is 1. The summed E-state index contributed by atoms with van der Waals surface area (Å²) >= 11 is 6.19. The topological polar surface area (TPSA) is 67.2 Å². The maximum Gasteiger partial charge on any atom is 0.319 e. The maximum absolute atomic E-state index is 11.5. The van der Waals surface area contributed by atoms with E-state index in [1.807, 2.05) is 26.0 Å². The van der Waals surface area contributed by atoms with Crippen LogP contribution in [0.2, 0.25) is 5.02 Å². The molecule has 0 spiro atoms. The van der Waals surface area contributed by atoms with Gasteiger partial charge in [-0.05, 0) is 50.5 Å². The van der Waals surface area contributed by atoms with Crippen molar-refractivity contribution in [1.29, 1.82) is 0 Å². The van der Waals surface area contributed by atoms with E-state index < -0.39 is 0 Å². The number of rotatable bonds is 5. The lowest BCUT2D eigenvalue weighted by Crippen LogP contribution is -2.28. The van der Waals surface area contributed by atoms with Gasteiger partial charge in [0.1, 0.15) is 5.76 Å². The number of aryl methyl sites for hydroxylation is 3. The lowest BCUT2D eigenvalue weighted by atomic mass is 10.1. The summed E-state index contributed by atoms with van der Waals surface area (Å²) in [5, 5.41) is 10.1. The minimum atomic E-state index is -0.224. The Balaban J connectivity index is 2.03. The van der Waals surface area contributed by atoms with Crippen molar-refractivity contribution in [2.24, 2.45) is 0 Å². The molecule has 5 nitrogen and oxygen atoms in total. The predicted molar refractivity (Wildman–Crippen MR) is 82.8 cm³/mol. The second-order valence-electron chi connectivity index (χ2n) is 4.72. The molecule has 0 aliphatic carbocycles. The quantitative estimate of drug-likeness (QED) is 0.887. The van der Waals surface area contributed by atoms with Gasteiger partial charge in [-0.2, -0.15) is 0 Å². The van der Waals surface area contributed by atoms with Gasteiger partial charge in [0.05, 0.1) is 5.69 Å². The summed E-state index contributed by atoms with van der Waals surface area (Å²) in [5.74, 6) is 0.794. The van der Waals surface area contributed by atoms with Crippen LogP contribution < -0.4 is 10.6 Å². The van der Waals surface area contributed by atoms with Gasteiger partial charge in [-0.1, -0.05) is 16.8 Å². The largest absolute Gasteiger partial charge is 0.361 e. The van der Waals surface area contributed by atoms with Gasteiger partial charge in [0.2, 0.25) is 0 Å². The molecule has 2 amide bonds. The minimum absolute atomic E-state index is 0.224. The molecule has 21 heavy (non-hydrogen) atoms. The zero-order chi connectivity index (χ0) is 15.2. The third-order valence-electron chi connectivity index (χ3n) is 2.97. The first-order chi connectivity index (χ1) is 10.1. The average molecular weight is 308 g/mol. The zero-order valence-electron chi connectivity index (χ0n) is 12.1. The van der Waals surface area contributed by atoms with Crippen molar-refractivity contribution >= 4 is 23.3 Å². The second kappa shape index (κ2) is 7.13. The third kappa shape index (κ3) is 4.49. The molecule has 1 aromatic carbocycles. The summed E-state index contributed by atoms with van der Waals surface area (Å²) in [7, 11) is 0. The van der Waals surface area contributed by atoms with E-state index in [0.29, 0.717) is 11.6 Å². The van der Waals surface area contributed by atoms with Gasteiger partial charge in [-0.25, -0.2) is 4.79 Å². The summed E-state index contributed by atoms with van der Waals surface area (Å²) < 4.78 is 5.04. The number of halogens is 1. The number of hydrogen-bond donors (Lipinski definition) is 2. The molecule has 2 N–H and O–H groups in total. The number of nitrogens with one attached hydrogen (secondary N) is 2. The molecule has 112 valence electrons. The molecule has 0 aliphatic rings. The normalized spacial score (nSPS) is 10.4. The Hall–Kier alpha value is -2.01. The van der Waals surface area contributed by atoms with E-state index >= 15 is 0 Å². The van der Waals surface area contributed by atoms with Crippen LogP contribution in [-0.2, 0) is 12.8 Å². The number of benzene rings is 1. The molecular weight excluding hydrogens is 290 g/mol. The van der Waals surface area contributed by atoms with Gasteiger partial charge in [-0.3, -0.25) is 0 Å². The minimum Gasteiger partial charge on any atom is -0.361 e. The van der Waals surface area contributed by atoms with E-state index in [1.165, 1.54) is 0 Å². The Labute approximate surface area is 128 Å². The van der Waals surface area contributed by atoms with Gasteiger partial charge in [0.15, 0.2) is 0 Å². The first-order valence-electron chi connectivity index (χ1n) is 6.84. The van der Waals surface area contributed by atoms with Gasteiger partial charge < -0.3 is 15.2 Å². The number of hydrogen-bond acceptors (Lipinski definition) is 3. The lowest BCUT2D eigenvalue weighted by Gasteiger charge is -2.09. The van der Waals surface area contributed by atoms with Crippen LogP contribution in [0.1, 0.15) is 23.9 Å². The summed E-state index contributed by atoms with van der Waals surface area (Å²) in [5.41, 5.74) is 2.58. The first kappa shape index (κ1) is 15.4. The standard InChI is InChI=1S/C15H18ClN3O2/c1-3-17-15(20)18-12-6-7-14(16)11(9-12)4-5-13-8-10(2)21-19-13/h6-9H,3-5H2,1-2H3,(H2,17,18,20). The number of nitrogens with zero attached hydrogens (tertiary/aromatic N) is 1. The molecule has 1 aromatic heterocycles. The van der Waals surface area contributed by atoms with Crippen LogP contribution in [0.25, 0.3) is 0 Å². The zero-order valence-corrected chi connectivity index (χ0v) is 12.8. The van der Waals surface area contributed by atoms with Gasteiger partial charge in [0.25, 0.3) is 0 Å². The Morgan fingerprint density at radius 2 is 2.14 bits per heavy atom. The SMILES string of the molecule is CCNC(=O)Nc1ccc(Cl)c(CCc2cc(C)on2)c1. The first-order valence-corrected chi connectivity index (χ1v) is 7.21. The lowest BCUT2D eigenvalue weighted by molar-refractivity contribution is 0.252. The van der Waals surface area contributed by atoms with Crippen LogP contribution in [0.3, 0.4) is 0 Å². The molecule has 0 saturated heterocycles.